The third-order valence-corrected chi connectivity index (χ3v) is 10.5. The molecule has 0 unspecified atom stereocenters. The van der Waals surface area contributed by atoms with E-state index in [1.807, 2.05) is 60.7 Å². The van der Waals surface area contributed by atoms with Gasteiger partial charge in [-0.25, -0.2) is 0 Å². The van der Waals surface area contributed by atoms with Crippen LogP contribution in [-0.4, -0.2) is 10.2 Å². The van der Waals surface area contributed by atoms with Gasteiger partial charge in [-0.1, -0.05) is 133 Å². The van der Waals surface area contributed by atoms with Gasteiger partial charge in [-0.15, -0.1) is 10.2 Å². The molecule has 0 bridgehead atoms. The minimum atomic E-state index is 0.464. The molecule has 0 N–H and O–H groups in total. The van der Waals surface area contributed by atoms with E-state index in [4.69, 9.17) is 13.3 Å². The van der Waals surface area contributed by atoms with E-state index >= 15 is 0 Å². The Morgan fingerprint density at radius 2 is 0.618 bits per heavy atom. The first-order valence-corrected chi connectivity index (χ1v) is 18.3. The second kappa shape index (κ2) is 12.6. The van der Waals surface area contributed by atoms with Crippen LogP contribution < -0.4 is 0 Å². The summed E-state index contributed by atoms with van der Waals surface area (Å²) in [6, 6.07) is 62.6. The van der Waals surface area contributed by atoms with E-state index in [0.717, 1.165) is 99.5 Å². The summed E-state index contributed by atoms with van der Waals surface area (Å²) in [7, 11) is 0. The Bertz CT molecular complexity index is 3020. The predicted octanol–water partition coefficient (Wildman–Crippen LogP) is 13.9. The van der Waals surface area contributed by atoms with Crippen molar-refractivity contribution in [3.8, 4) is 67.4 Å². The number of aromatic nitrogens is 2. The van der Waals surface area contributed by atoms with Gasteiger partial charge in [0.1, 0.15) is 22.3 Å². The number of furan rings is 2. The van der Waals surface area contributed by atoms with E-state index in [0.29, 0.717) is 11.8 Å². The smallest absolute Gasteiger partial charge is 0.248 e. The minimum absolute atomic E-state index is 0.464. The molecule has 258 valence electrons. The Labute approximate surface area is 315 Å². The van der Waals surface area contributed by atoms with Crippen LogP contribution in [0, 0.1) is 0 Å². The number of rotatable bonds is 6. The van der Waals surface area contributed by atoms with Crippen LogP contribution in [0.1, 0.15) is 0 Å². The molecule has 0 saturated carbocycles. The van der Waals surface area contributed by atoms with Crippen LogP contribution in [0.3, 0.4) is 0 Å². The van der Waals surface area contributed by atoms with Crippen LogP contribution in [-0.2, 0) is 0 Å². The monoisotopic (exact) mass is 706 g/mol. The Balaban J connectivity index is 0.893. The zero-order valence-corrected chi connectivity index (χ0v) is 29.4. The largest absolute Gasteiger partial charge is 0.455 e. The third kappa shape index (κ3) is 5.33. The number of fused-ring (bicyclic) bond motifs is 6. The fourth-order valence-corrected chi connectivity index (χ4v) is 7.80. The molecule has 0 spiro atoms. The normalized spacial score (nSPS) is 11.6. The maximum Gasteiger partial charge on any atom is 0.248 e. The van der Waals surface area contributed by atoms with Gasteiger partial charge in [0.2, 0.25) is 11.8 Å². The highest BCUT2D eigenvalue weighted by atomic mass is 16.4. The highest BCUT2D eigenvalue weighted by Gasteiger charge is 2.16. The average Bonchev–Trinajstić information content (AvgIpc) is 4.00. The van der Waals surface area contributed by atoms with Gasteiger partial charge in [0.25, 0.3) is 0 Å². The molecule has 3 aromatic heterocycles. The SMILES string of the molecule is c1cc(-c2cccc(-c3cccc4c3oc3ccccc34)c2)cc(-c2nnc(-c3cccc(-c4cccc(-c5cccc6c5oc5ccccc56)c4)c3)o2)c1. The van der Waals surface area contributed by atoms with Crippen molar-refractivity contribution < 1.29 is 13.3 Å². The molecule has 11 aromatic rings. The second-order valence-electron chi connectivity index (χ2n) is 13.8. The van der Waals surface area contributed by atoms with E-state index in [1.165, 1.54) is 0 Å². The fraction of sp³-hybridized carbons (Fsp3) is 0. The quantitative estimate of drug-likeness (QED) is 0.172. The van der Waals surface area contributed by atoms with E-state index in [-0.39, 0.29) is 0 Å². The van der Waals surface area contributed by atoms with E-state index in [1.54, 1.807) is 0 Å². The van der Waals surface area contributed by atoms with Crippen LogP contribution in [0.15, 0.2) is 195 Å². The molecule has 5 heteroatoms. The summed E-state index contributed by atoms with van der Waals surface area (Å²) in [6.07, 6.45) is 0. The number of nitrogens with zero attached hydrogens (tertiary/aromatic N) is 2. The summed E-state index contributed by atoms with van der Waals surface area (Å²) in [5, 5.41) is 13.4. The van der Waals surface area contributed by atoms with Gasteiger partial charge >= 0.3 is 0 Å². The molecule has 0 radical (unpaired) electrons. The van der Waals surface area contributed by atoms with Crippen LogP contribution >= 0.6 is 0 Å². The minimum Gasteiger partial charge on any atom is -0.455 e. The first-order valence-electron chi connectivity index (χ1n) is 18.3. The maximum absolute atomic E-state index is 6.35. The number of benzene rings is 8. The van der Waals surface area contributed by atoms with Crippen molar-refractivity contribution in [3.05, 3.63) is 182 Å². The number of hydrogen-bond acceptors (Lipinski definition) is 5. The molecular weight excluding hydrogens is 677 g/mol. The van der Waals surface area contributed by atoms with Crippen LogP contribution in [0.25, 0.3) is 111 Å². The fourth-order valence-electron chi connectivity index (χ4n) is 7.80. The Morgan fingerprint density at radius 1 is 0.273 bits per heavy atom. The van der Waals surface area contributed by atoms with E-state index in [2.05, 4.69) is 132 Å². The van der Waals surface area contributed by atoms with Crippen LogP contribution in [0.5, 0.6) is 0 Å². The Kier molecular flexibility index (Phi) is 7.10. The number of para-hydroxylation sites is 4. The molecule has 5 nitrogen and oxygen atoms in total. The molecule has 0 aliphatic rings. The van der Waals surface area contributed by atoms with Crippen molar-refractivity contribution in [3.63, 3.8) is 0 Å². The predicted molar refractivity (Wildman–Crippen MR) is 221 cm³/mol. The van der Waals surface area contributed by atoms with E-state index in [9.17, 15) is 0 Å². The first kappa shape index (κ1) is 31.1. The number of hydrogen-bond donors (Lipinski definition) is 0. The Hall–Kier alpha value is -7.50. The van der Waals surface area contributed by atoms with Gasteiger partial charge in [-0.05, 0) is 81.9 Å². The van der Waals surface area contributed by atoms with Crippen molar-refractivity contribution in [2.24, 2.45) is 0 Å². The molecule has 0 atom stereocenters. The van der Waals surface area contributed by atoms with E-state index < -0.39 is 0 Å². The van der Waals surface area contributed by atoms with Gasteiger partial charge in [0.15, 0.2) is 0 Å². The summed E-state index contributed by atoms with van der Waals surface area (Å²) < 4.78 is 19.0. The topological polar surface area (TPSA) is 65.2 Å². The van der Waals surface area contributed by atoms with Crippen molar-refractivity contribution in [1.29, 1.82) is 0 Å². The van der Waals surface area contributed by atoms with Crippen molar-refractivity contribution >= 4 is 43.9 Å². The molecule has 0 fully saturated rings. The standard InChI is InChI=1S/C50H30N2O3/c1-3-25-45-41(19-1)43-23-9-21-39(47(43)53-45)35-15-5-11-31(27-35)33-13-7-17-37(29-33)49-51-52-50(55-49)38-18-8-14-34(30-38)32-12-6-16-36(28-32)40-22-10-24-44-42-20-2-4-26-46(42)54-48(40)44/h1-30H. The van der Waals surface area contributed by atoms with Gasteiger partial charge in [0.05, 0.1) is 0 Å². The summed E-state index contributed by atoms with van der Waals surface area (Å²) in [6.45, 7) is 0. The zero-order chi connectivity index (χ0) is 36.3. The molecule has 8 aromatic carbocycles. The maximum atomic E-state index is 6.35. The summed E-state index contributed by atoms with van der Waals surface area (Å²) in [5.74, 6) is 0.928. The van der Waals surface area contributed by atoms with Crippen molar-refractivity contribution in [2.75, 3.05) is 0 Å². The lowest BCUT2D eigenvalue weighted by Gasteiger charge is -2.08. The molecule has 11 rings (SSSR count). The van der Waals surface area contributed by atoms with Crippen LogP contribution in [0.4, 0.5) is 0 Å². The molecule has 3 heterocycles. The zero-order valence-electron chi connectivity index (χ0n) is 29.4. The summed E-state index contributed by atoms with van der Waals surface area (Å²) in [4.78, 5) is 0. The lowest BCUT2D eigenvalue weighted by Crippen LogP contribution is -1.84. The summed E-state index contributed by atoms with van der Waals surface area (Å²) >= 11 is 0. The molecule has 0 aliphatic carbocycles. The first-order chi connectivity index (χ1) is 27.2. The molecule has 0 amide bonds. The highest BCUT2D eigenvalue weighted by Crippen LogP contribution is 2.39. The van der Waals surface area contributed by atoms with Gasteiger partial charge in [-0.2, -0.15) is 0 Å². The van der Waals surface area contributed by atoms with Crippen LogP contribution in [0.2, 0.25) is 0 Å². The Morgan fingerprint density at radius 3 is 1.07 bits per heavy atom. The average molecular weight is 707 g/mol. The van der Waals surface area contributed by atoms with Gasteiger partial charge in [-0.3, -0.25) is 0 Å². The highest BCUT2D eigenvalue weighted by molar-refractivity contribution is 6.10. The summed E-state index contributed by atoms with van der Waals surface area (Å²) in [5.41, 5.74) is 13.8. The second-order valence-corrected chi connectivity index (χ2v) is 13.8. The third-order valence-electron chi connectivity index (χ3n) is 10.5. The molecule has 0 saturated heterocycles. The molecule has 0 aliphatic heterocycles. The molecular formula is C50H30N2O3. The van der Waals surface area contributed by atoms with Crippen molar-refractivity contribution in [1.82, 2.24) is 10.2 Å². The van der Waals surface area contributed by atoms with Gasteiger partial charge < -0.3 is 13.3 Å². The molecule has 55 heavy (non-hydrogen) atoms. The lowest BCUT2D eigenvalue weighted by molar-refractivity contribution is 0.584. The van der Waals surface area contributed by atoms with Crippen molar-refractivity contribution in [2.45, 2.75) is 0 Å². The lowest BCUT2D eigenvalue weighted by atomic mass is 9.97. The van der Waals surface area contributed by atoms with Gasteiger partial charge in [0, 0.05) is 43.8 Å².